The normalized spacial score (nSPS) is 22.4. The fraction of sp³-hybridized carbons (Fsp3) is 1.00. The van der Waals surface area contributed by atoms with Crippen molar-refractivity contribution in [2.45, 2.75) is 45.5 Å². The van der Waals surface area contributed by atoms with Crippen molar-refractivity contribution >= 4 is 0 Å². The Labute approximate surface area is 67.7 Å². The Balaban J connectivity index is 3.90. The van der Waals surface area contributed by atoms with Gasteiger partial charge >= 0.3 is 0 Å². The van der Waals surface area contributed by atoms with Gasteiger partial charge in [0, 0.05) is 5.92 Å². The summed E-state index contributed by atoms with van der Waals surface area (Å²) in [5.41, 5.74) is 0. The van der Waals surface area contributed by atoms with Crippen LogP contribution in [0.1, 0.15) is 27.2 Å². The van der Waals surface area contributed by atoms with E-state index in [0.29, 0.717) is 6.42 Å². The highest BCUT2D eigenvalue weighted by atomic mass is 16.3. The lowest BCUT2D eigenvalue weighted by Crippen LogP contribution is -2.30. The molecule has 3 N–H and O–H groups in total. The van der Waals surface area contributed by atoms with E-state index in [1.54, 1.807) is 20.8 Å². The Kier molecular flexibility index (Phi) is 4.65. The van der Waals surface area contributed by atoms with Gasteiger partial charge in [-0.15, -0.1) is 0 Å². The summed E-state index contributed by atoms with van der Waals surface area (Å²) in [5, 5.41) is 27.3. The quantitative estimate of drug-likeness (QED) is 0.551. The Morgan fingerprint density at radius 1 is 0.909 bits per heavy atom. The molecule has 0 heterocycles. The summed E-state index contributed by atoms with van der Waals surface area (Å²) in [4.78, 5) is 0. The van der Waals surface area contributed by atoms with Crippen LogP contribution in [0, 0.1) is 5.92 Å². The smallest absolute Gasteiger partial charge is 0.0565 e. The molecule has 0 fully saturated rings. The largest absolute Gasteiger partial charge is 0.393 e. The van der Waals surface area contributed by atoms with Crippen molar-refractivity contribution < 1.29 is 15.3 Å². The molecule has 0 amide bonds. The molecule has 3 atom stereocenters. The van der Waals surface area contributed by atoms with Crippen LogP contribution in [0.15, 0.2) is 0 Å². The van der Waals surface area contributed by atoms with Gasteiger partial charge < -0.3 is 15.3 Å². The Hall–Kier alpha value is -0.120. The molecule has 0 spiro atoms. The van der Waals surface area contributed by atoms with Crippen LogP contribution in [-0.4, -0.2) is 33.6 Å². The third-order valence-corrected chi connectivity index (χ3v) is 1.85. The van der Waals surface area contributed by atoms with Gasteiger partial charge in [0.2, 0.25) is 0 Å². The lowest BCUT2D eigenvalue weighted by atomic mass is 9.92. The average molecular weight is 162 g/mol. The molecule has 3 unspecified atom stereocenters. The van der Waals surface area contributed by atoms with E-state index in [-0.39, 0.29) is 5.92 Å². The maximum atomic E-state index is 9.16. The maximum Gasteiger partial charge on any atom is 0.0565 e. The summed E-state index contributed by atoms with van der Waals surface area (Å²) >= 11 is 0. The predicted octanol–water partition coefficient (Wildman–Crippen LogP) is 0.135. The third-order valence-electron chi connectivity index (χ3n) is 1.85. The molecule has 0 aromatic carbocycles. The Bertz CT molecular complexity index is 91.5. The van der Waals surface area contributed by atoms with Gasteiger partial charge in [0.1, 0.15) is 0 Å². The van der Waals surface area contributed by atoms with Gasteiger partial charge in [0.15, 0.2) is 0 Å². The standard InChI is InChI=1S/C8H18O3/c1-5(9)4-8(6(2)10)7(3)11/h5-11H,4H2,1-3H3. The molecule has 0 aliphatic carbocycles. The van der Waals surface area contributed by atoms with Gasteiger partial charge in [-0.2, -0.15) is 0 Å². The molecule has 0 rings (SSSR count). The van der Waals surface area contributed by atoms with E-state index in [1.165, 1.54) is 0 Å². The SMILES string of the molecule is CC(O)CC(C(C)O)C(C)O. The number of rotatable bonds is 4. The summed E-state index contributed by atoms with van der Waals surface area (Å²) in [6.45, 7) is 4.90. The molecule has 0 aromatic rings. The number of hydrogen-bond donors (Lipinski definition) is 3. The van der Waals surface area contributed by atoms with Crippen molar-refractivity contribution in [3.63, 3.8) is 0 Å². The summed E-state index contributed by atoms with van der Waals surface area (Å²) in [7, 11) is 0. The van der Waals surface area contributed by atoms with Crippen molar-refractivity contribution in [2.75, 3.05) is 0 Å². The zero-order chi connectivity index (χ0) is 9.02. The first-order valence-electron chi connectivity index (χ1n) is 3.99. The van der Waals surface area contributed by atoms with Crippen LogP contribution in [0.25, 0.3) is 0 Å². The van der Waals surface area contributed by atoms with Crippen LogP contribution >= 0.6 is 0 Å². The van der Waals surface area contributed by atoms with E-state index in [2.05, 4.69) is 0 Å². The molecule has 0 saturated carbocycles. The van der Waals surface area contributed by atoms with Crippen molar-refractivity contribution in [1.82, 2.24) is 0 Å². The first-order valence-corrected chi connectivity index (χ1v) is 3.99. The highest BCUT2D eigenvalue weighted by molar-refractivity contribution is 4.72. The Morgan fingerprint density at radius 3 is 1.36 bits per heavy atom. The number of hydrogen-bond acceptors (Lipinski definition) is 3. The van der Waals surface area contributed by atoms with Gasteiger partial charge in [0.25, 0.3) is 0 Å². The maximum absolute atomic E-state index is 9.16. The van der Waals surface area contributed by atoms with Crippen LogP contribution < -0.4 is 0 Å². The van der Waals surface area contributed by atoms with Crippen molar-refractivity contribution in [3.8, 4) is 0 Å². The molecule has 0 aliphatic heterocycles. The van der Waals surface area contributed by atoms with Crippen LogP contribution in [0.5, 0.6) is 0 Å². The average Bonchev–Trinajstić information content (AvgIpc) is 1.81. The topological polar surface area (TPSA) is 60.7 Å². The van der Waals surface area contributed by atoms with Gasteiger partial charge in [-0.3, -0.25) is 0 Å². The molecule has 68 valence electrons. The van der Waals surface area contributed by atoms with E-state index in [4.69, 9.17) is 15.3 Å². The van der Waals surface area contributed by atoms with Crippen LogP contribution in [0.3, 0.4) is 0 Å². The van der Waals surface area contributed by atoms with Crippen molar-refractivity contribution in [1.29, 1.82) is 0 Å². The van der Waals surface area contributed by atoms with Gasteiger partial charge in [-0.1, -0.05) is 0 Å². The van der Waals surface area contributed by atoms with Crippen molar-refractivity contribution in [3.05, 3.63) is 0 Å². The molecular weight excluding hydrogens is 144 g/mol. The van der Waals surface area contributed by atoms with E-state index < -0.39 is 18.3 Å². The van der Waals surface area contributed by atoms with Crippen LogP contribution in [-0.2, 0) is 0 Å². The van der Waals surface area contributed by atoms with E-state index in [1.807, 2.05) is 0 Å². The summed E-state index contributed by atoms with van der Waals surface area (Å²) < 4.78 is 0. The second kappa shape index (κ2) is 4.70. The second-order valence-corrected chi connectivity index (χ2v) is 3.23. The van der Waals surface area contributed by atoms with E-state index in [0.717, 1.165) is 0 Å². The highest BCUT2D eigenvalue weighted by Crippen LogP contribution is 2.15. The van der Waals surface area contributed by atoms with Crippen molar-refractivity contribution in [2.24, 2.45) is 5.92 Å². The fourth-order valence-corrected chi connectivity index (χ4v) is 1.19. The molecule has 3 heteroatoms. The third kappa shape index (κ3) is 4.35. The van der Waals surface area contributed by atoms with E-state index in [9.17, 15) is 0 Å². The molecule has 3 nitrogen and oxygen atoms in total. The van der Waals surface area contributed by atoms with E-state index >= 15 is 0 Å². The lowest BCUT2D eigenvalue weighted by Gasteiger charge is -2.23. The summed E-state index contributed by atoms with van der Waals surface area (Å²) in [5.74, 6) is -0.227. The molecule has 11 heavy (non-hydrogen) atoms. The van der Waals surface area contributed by atoms with Crippen LogP contribution in [0.2, 0.25) is 0 Å². The van der Waals surface area contributed by atoms with Crippen LogP contribution in [0.4, 0.5) is 0 Å². The van der Waals surface area contributed by atoms with Gasteiger partial charge in [0.05, 0.1) is 18.3 Å². The zero-order valence-corrected chi connectivity index (χ0v) is 7.36. The fourth-order valence-electron chi connectivity index (χ4n) is 1.19. The highest BCUT2D eigenvalue weighted by Gasteiger charge is 2.21. The van der Waals surface area contributed by atoms with Gasteiger partial charge in [-0.25, -0.2) is 0 Å². The number of aliphatic hydroxyl groups excluding tert-OH is 3. The minimum absolute atomic E-state index is 0.227. The number of aliphatic hydroxyl groups is 3. The van der Waals surface area contributed by atoms with Gasteiger partial charge in [-0.05, 0) is 27.2 Å². The molecule has 0 radical (unpaired) electrons. The molecule has 0 aromatic heterocycles. The molecule has 0 saturated heterocycles. The summed E-state index contributed by atoms with van der Waals surface area (Å²) in [6.07, 6.45) is -1.16. The monoisotopic (exact) mass is 162 g/mol. The minimum atomic E-state index is -0.565. The first kappa shape index (κ1) is 10.9. The second-order valence-electron chi connectivity index (χ2n) is 3.23. The predicted molar refractivity (Wildman–Crippen MR) is 43.1 cm³/mol. The molecule has 0 bridgehead atoms. The molecular formula is C8H18O3. The molecule has 0 aliphatic rings. The minimum Gasteiger partial charge on any atom is -0.393 e. The zero-order valence-electron chi connectivity index (χ0n) is 7.36. The Morgan fingerprint density at radius 2 is 1.27 bits per heavy atom. The summed E-state index contributed by atoms with van der Waals surface area (Å²) in [6, 6.07) is 0. The lowest BCUT2D eigenvalue weighted by molar-refractivity contribution is 0.00435. The first-order chi connectivity index (χ1) is 4.95.